The van der Waals surface area contributed by atoms with E-state index >= 15 is 0 Å². The Morgan fingerprint density at radius 2 is 1.95 bits per heavy atom. The SMILES string of the molecule is COC(=O)Sc1nnc(-c2ccc(C)cc2)c(=O)n1N. The van der Waals surface area contributed by atoms with Gasteiger partial charge in [-0.05, 0) is 6.92 Å². The molecule has 1 heterocycles. The minimum atomic E-state index is -0.624. The summed E-state index contributed by atoms with van der Waals surface area (Å²) >= 11 is 0.594. The molecule has 0 bridgehead atoms. The second kappa shape index (κ2) is 5.74. The molecule has 2 N–H and O–H groups in total. The molecule has 0 fully saturated rings. The molecule has 0 aliphatic carbocycles. The molecule has 0 radical (unpaired) electrons. The zero-order valence-corrected chi connectivity index (χ0v) is 11.7. The molecule has 0 unspecified atom stereocenters. The van der Waals surface area contributed by atoms with E-state index in [0.717, 1.165) is 10.2 Å². The van der Waals surface area contributed by atoms with Crippen LogP contribution >= 0.6 is 11.8 Å². The predicted octanol–water partition coefficient (Wildman–Crippen LogP) is 1.19. The van der Waals surface area contributed by atoms with E-state index in [-0.39, 0.29) is 10.9 Å². The molecule has 2 aromatic rings. The molecule has 0 saturated carbocycles. The first-order chi connectivity index (χ1) is 9.52. The Balaban J connectivity index is 2.43. The molecule has 0 amide bonds. The number of hydrogen-bond donors (Lipinski definition) is 1. The highest BCUT2D eigenvalue weighted by Crippen LogP contribution is 2.17. The second-order valence-electron chi connectivity index (χ2n) is 3.93. The maximum absolute atomic E-state index is 12.1. The standard InChI is InChI=1S/C12H12N4O3S/c1-7-3-5-8(6-4-7)9-10(17)16(13)11(15-14-9)20-12(18)19-2/h3-6H,13H2,1-2H3. The van der Waals surface area contributed by atoms with Gasteiger partial charge in [-0.1, -0.05) is 29.8 Å². The van der Waals surface area contributed by atoms with E-state index in [1.165, 1.54) is 7.11 Å². The van der Waals surface area contributed by atoms with Crippen LogP contribution in [0.25, 0.3) is 11.3 Å². The van der Waals surface area contributed by atoms with Gasteiger partial charge in [0.25, 0.3) is 5.56 Å². The quantitative estimate of drug-likeness (QED) is 0.504. The summed E-state index contributed by atoms with van der Waals surface area (Å²) < 4.78 is 5.24. The summed E-state index contributed by atoms with van der Waals surface area (Å²) in [5.41, 5.74) is 1.27. The molecule has 0 spiro atoms. The summed E-state index contributed by atoms with van der Waals surface area (Å²) in [6.45, 7) is 1.94. The van der Waals surface area contributed by atoms with Gasteiger partial charge in [0, 0.05) is 17.3 Å². The van der Waals surface area contributed by atoms with Crippen molar-refractivity contribution < 1.29 is 9.53 Å². The number of carbonyl (C=O) groups excluding carboxylic acids is 1. The molecule has 0 aliphatic rings. The number of rotatable bonds is 2. The van der Waals surface area contributed by atoms with Gasteiger partial charge in [-0.2, -0.15) is 4.68 Å². The van der Waals surface area contributed by atoms with Gasteiger partial charge >= 0.3 is 5.30 Å². The van der Waals surface area contributed by atoms with E-state index in [1.54, 1.807) is 12.1 Å². The Kier molecular flexibility index (Phi) is 4.04. The highest BCUT2D eigenvalue weighted by molar-refractivity contribution is 8.13. The van der Waals surface area contributed by atoms with Crippen LogP contribution in [-0.4, -0.2) is 27.3 Å². The van der Waals surface area contributed by atoms with Crippen LogP contribution in [-0.2, 0) is 4.74 Å². The van der Waals surface area contributed by atoms with Gasteiger partial charge in [0.15, 0.2) is 5.69 Å². The van der Waals surface area contributed by atoms with E-state index in [1.807, 2.05) is 19.1 Å². The lowest BCUT2D eigenvalue weighted by molar-refractivity contribution is 0.200. The number of hydrogen-bond acceptors (Lipinski definition) is 7. The van der Waals surface area contributed by atoms with Crippen LogP contribution in [0.15, 0.2) is 34.2 Å². The Hall–Kier alpha value is -2.35. The van der Waals surface area contributed by atoms with Crippen molar-refractivity contribution >= 4 is 17.1 Å². The Bertz CT molecular complexity index is 697. The van der Waals surface area contributed by atoms with E-state index in [0.29, 0.717) is 17.3 Å². The molecule has 2 rings (SSSR count). The second-order valence-corrected chi connectivity index (χ2v) is 4.83. The number of nitrogens with zero attached hydrogens (tertiary/aromatic N) is 3. The number of nitrogen functional groups attached to an aromatic ring is 1. The third kappa shape index (κ3) is 2.80. The van der Waals surface area contributed by atoms with Crippen LogP contribution in [0.1, 0.15) is 5.56 Å². The van der Waals surface area contributed by atoms with Crippen LogP contribution in [0.4, 0.5) is 4.79 Å². The molecular weight excluding hydrogens is 280 g/mol. The highest BCUT2D eigenvalue weighted by Gasteiger charge is 2.15. The number of thioether (sulfide) groups is 1. The van der Waals surface area contributed by atoms with Gasteiger partial charge in [0.05, 0.1) is 7.11 Å². The number of ether oxygens (including phenoxy) is 1. The molecule has 7 nitrogen and oxygen atoms in total. The summed E-state index contributed by atoms with van der Waals surface area (Å²) in [4.78, 5) is 23.3. The molecule has 20 heavy (non-hydrogen) atoms. The fraction of sp³-hybridized carbons (Fsp3) is 0.167. The van der Waals surface area contributed by atoms with Crippen LogP contribution in [0, 0.1) is 6.92 Å². The topological polar surface area (TPSA) is 100 Å². The molecule has 0 saturated heterocycles. The lowest BCUT2D eigenvalue weighted by Gasteiger charge is -2.06. The van der Waals surface area contributed by atoms with Gasteiger partial charge in [-0.25, -0.2) is 4.79 Å². The summed E-state index contributed by atoms with van der Waals surface area (Å²) in [5, 5.41) is 6.96. The number of benzene rings is 1. The first-order valence-electron chi connectivity index (χ1n) is 5.60. The zero-order chi connectivity index (χ0) is 14.7. The van der Waals surface area contributed by atoms with Crippen molar-refractivity contribution in [2.75, 3.05) is 13.0 Å². The number of methoxy groups -OCH3 is 1. The summed E-state index contributed by atoms with van der Waals surface area (Å²) in [5.74, 6) is 5.63. The van der Waals surface area contributed by atoms with Gasteiger partial charge in [-0.15, -0.1) is 10.2 Å². The van der Waals surface area contributed by atoms with E-state index in [2.05, 4.69) is 14.9 Å². The van der Waals surface area contributed by atoms with Crippen molar-refractivity contribution in [1.29, 1.82) is 0 Å². The van der Waals surface area contributed by atoms with Gasteiger partial charge in [-0.3, -0.25) is 4.79 Å². The Labute approximate surface area is 118 Å². The maximum Gasteiger partial charge on any atom is 0.374 e. The first-order valence-corrected chi connectivity index (χ1v) is 6.42. The first kappa shape index (κ1) is 14.1. The van der Waals surface area contributed by atoms with Crippen molar-refractivity contribution in [3.63, 3.8) is 0 Å². The van der Waals surface area contributed by atoms with Gasteiger partial charge < -0.3 is 10.6 Å². The van der Waals surface area contributed by atoms with Crippen LogP contribution in [0.2, 0.25) is 0 Å². The number of aryl methyl sites for hydroxylation is 1. The minimum absolute atomic E-state index is 0.0299. The van der Waals surface area contributed by atoms with Crippen LogP contribution < -0.4 is 11.4 Å². The summed E-state index contributed by atoms with van der Waals surface area (Å²) in [6, 6.07) is 7.23. The highest BCUT2D eigenvalue weighted by atomic mass is 32.2. The summed E-state index contributed by atoms with van der Waals surface area (Å²) in [7, 11) is 1.22. The average molecular weight is 292 g/mol. The van der Waals surface area contributed by atoms with E-state index in [4.69, 9.17) is 5.84 Å². The Morgan fingerprint density at radius 1 is 1.30 bits per heavy atom. The van der Waals surface area contributed by atoms with E-state index < -0.39 is 10.9 Å². The monoisotopic (exact) mass is 292 g/mol. The number of aromatic nitrogens is 3. The zero-order valence-electron chi connectivity index (χ0n) is 10.9. The normalized spacial score (nSPS) is 10.3. The fourth-order valence-corrected chi connectivity index (χ4v) is 1.96. The third-order valence-corrected chi connectivity index (χ3v) is 3.32. The van der Waals surface area contributed by atoms with Crippen LogP contribution in [0.5, 0.6) is 0 Å². The largest absolute Gasteiger partial charge is 0.461 e. The minimum Gasteiger partial charge on any atom is -0.461 e. The van der Waals surface area contributed by atoms with Gasteiger partial charge in [0.2, 0.25) is 5.16 Å². The molecule has 8 heteroatoms. The molecule has 104 valence electrons. The number of nitrogens with two attached hydrogens (primary N) is 1. The number of carbonyl (C=O) groups is 1. The summed E-state index contributed by atoms with van der Waals surface area (Å²) in [6.07, 6.45) is 0. The Morgan fingerprint density at radius 3 is 2.55 bits per heavy atom. The van der Waals surface area contributed by atoms with Crippen molar-refractivity contribution in [2.45, 2.75) is 12.1 Å². The van der Waals surface area contributed by atoms with Crippen LogP contribution in [0.3, 0.4) is 0 Å². The molecule has 1 aromatic carbocycles. The van der Waals surface area contributed by atoms with Crippen molar-refractivity contribution in [1.82, 2.24) is 14.9 Å². The predicted molar refractivity (Wildman–Crippen MR) is 74.9 cm³/mol. The van der Waals surface area contributed by atoms with Crippen molar-refractivity contribution in [2.24, 2.45) is 0 Å². The lowest BCUT2D eigenvalue weighted by Crippen LogP contribution is -2.32. The smallest absolute Gasteiger partial charge is 0.374 e. The maximum atomic E-state index is 12.1. The lowest BCUT2D eigenvalue weighted by atomic mass is 10.1. The average Bonchev–Trinajstić information content (AvgIpc) is 2.45. The van der Waals surface area contributed by atoms with Crippen molar-refractivity contribution in [3.8, 4) is 11.3 Å². The van der Waals surface area contributed by atoms with Gasteiger partial charge in [0.1, 0.15) is 0 Å². The third-order valence-electron chi connectivity index (χ3n) is 2.53. The van der Waals surface area contributed by atoms with Crippen molar-refractivity contribution in [3.05, 3.63) is 40.2 Å². The molecule has 0 atom stereocenters. The molecular formula is C12H12N4O3S. The van der Waals surface area contributed by atoms with E-state index in [9.17, 15) is 9.59 Å². The molecule has 0 aliphatic heterocycles. The molecule has 1 aromatic heterocycles. The fourth-order valence-electron chi connectivity index (χ4n) is 1.46.